The molecule has 4 nitrogen and oxygen atoms in total. The summed E-state index contributed by atoms with van der Waals surface area (Å²) in [6.07, 6.45) is 1.54. The van der Waals surface area contributed by atoms with Gasteiger partial charge >= 0.3 is 0 Å². The van der Waals surface area contributed by atoms with E-state index in [2.05, 4.69) is 10.6 Å². The van der Waals surface area contributed by atoms with Crippen LogP contribution in [0.4, 0.5) is 10.1 Å². The van der Waals surface area contributed by atoms with Crippen molar-refractivity contribution < 1.29 is 13.6 Å². The lowest BCUT2D eigenvalue weighted by atomic mass is 10.2. The number of carbonyl (C=O) groups excluding carboxylic acids is 1. The molecule has 1 heterocycles. The van der Waals surface area contributed by atoms with E-state index in [-0.39, 0.29) is 29.2 Å². The second kappa shape index (κ2) is 6.43. The Bertz CT molecular complexity index is 587. The van der Waals surface area contributed by atoms with Crippen LogP contribution in [0.1, 0.15) is 18.7 Å². The van der Waals surface area contributed by atoms with E-state index in [0.717, 1.165) is 0 Å². The first-order valence-corrected chi connectivity index (χ1v) is 6.46. The van der Waals surface area contributed by atoms with Gasteiger partial charge in [-0.2, -0.15) is 0 Å². The number of hydrogen-bond acceptors (Lipinski definition) is 3. The highest BCUT2D eigenvalue weighted by atomic mass is 35.5. The fourth-order valence-corrected chi connectivity index (χ4v) is 1.89. The lowest BCUT2D eigenvalue weighted by Crippen LogP contribution is -2.32. The minimum atomic E-state index is -0.568. The van der Waals surface area contributed by atoms with Gasteiger partial charge in [0.15, 0.2) is 5.82 Å². The molecule has 2 aromatic rings. The number of furan rings is 1. The molecule has 106 valence electrons. The van der Waals surface area contributed by atoms with E-state index >= 15 is 0 Å². The predicted octanol–water partition coefficient (Wildman–Crippen LogP) is 3.36. The van der Waals surface area contributed by atoms with E-state index in [1.807, 2.05) is 0 Å². The van der Waals surface area contributed by atoms with E-state index in [1.165, 1.54) is 18.4 Å². The molecular weight excluding hydrogens is 283 g/mol. The van der Waals surface area contributed by atoms with Crippen LogP contribution in [0.2, 0.25) is 5.02 Å². The molecule has 0 bridgehead atoms. The molecule has 1 aromatic carbocycles. The van der Waals surface area contributed by atoms with Crippen molar-refractivity contribution in [2.75, 3.05) is 11.9 Å². The maximum atomic E-state index is 13.6. The third-order valence-corrected chi connectivity index (χ3v) is 3.03. The van der Waals surface area contributed by atoms with E-state index < -0.39 is 5.82 Å². The molecule has 0 aliphatic rings. The zero-order valence-corrected chi connectivity index (χ0v) is 11.6. The Balaban J connectivity index is 1.88. The van der Waals surface area contributed by atoms with E-state index in [0.29, 0.717) is 5.76 Å². The molecule has 0 radical (unpaired) electrons. The van der Waals surface area contributed by atoms with Gasteiger partial charge in [0.25, 0.3) is 0 Å². The maximum absolute atomic E-state index is 13.6. The number of benzene rings is 1. The number of nitrogens with one attached hydrogen (secondary N) is 2. The van der Waals surface area contributed by atoms with Crippen molar-refractivity contribution in [1.82, 2.24) is 5.32 Å². The van der Waals surface area contributed by atoms with Gasteiger partial charge in [-0.15, -0.1) is 0 Å². The third-order valence-electron chi connectivity index (χ3n) is 2.74. The Morgan fingerprint density at radius 3 is 2.90 bits per heavy atom. The maximum Gasteiger partial charge on any atom is 0.239 e. The van der Waals surface area contributed by atoms with Crippen LogP contribution < -0.4 is 10.6 Å². The summed E-state index contributed by atoms with van der Waals surface area (Å²) in [5.41, 5.74) is 0.193. The largest absolute Gasteiger partial charge is 0.467 e. The van der Waals surface area contributed by atoms with Gasteiger partial charge in [-0.1, -0.05) is 17.7 Å². The Hall–Kier alpha value is -2.01. The van der Waals surface area contributed by atoms with E-state index in [4.69, 9.17) is 16.0 Å². The van der Waals surface area contributed by atoms with Crippen LogP contribution >= 0.6 is 11.6 Å². The highest BCUT2D eigenvalue weighted by Crippen LogP contribution is 2.21. The summed E-state index contributed by atoms with van der Waals surface area (Å²) in [6, 6.07) is 7.85. The molecule has 2 N–H and O–H groups in total. The summed E-state index contributed by atoms with van der Waals surface area (Å²) >= 11 is 5.65. The molecule has 1 aromatic heterocycles. The van der Waals surface area contributed by atoms with Gasteiger partial charge in [0.1, 0.15) is 5.76 Å². The first-order chi connectivity index (χ1) is 9.58. The van der Waals surface area contributed by atoms with Gasteiger partial charge in [0.2, 0.25) is 5.91 Å². The standard InChI is InChI=1S/C14H14ClFN2O2/c1-9(12-6-3-7-20-12)18-13(19)8-17-11-5-2-4-10(15)14(11)16/h2-7,9,17H,8H2,1H3,(H,18,19). The lowest BCUT2D eigenvalue weighted by Gasteiger charge is -2.13. The smallest absolute Gasteiger partial charge is 0.239 e. The van der Waals surface area contributed by atoms with Crippen molar-refractivity contribution in [3.63, 3.8) is 0 Å². The third kappa shape index (κ3) is 3.51. The molecule has 0 fully saturated rings. The van der Waals surface area contributed by atoms with Crippen LogP contribution in [0.3, 0.4) is 0 Å². The molecule has 6 heteroatoms. The second-order valence-corrected chi connectivity index (χ2v) is 4.67. The van der Waals surface area contributed by atoms with Crippen LogP contribution in [-0.2, 0) is 4.79 Å². The highest BCUT2D eigenvalue weighted by molar-refractivity contribution is 6.31. The summed E-state index contributed by atoms with van der Waals surface area (Å²) in [5, 5.41) is 5.45. The van der Waals surface area contributed by atoms with Crippen molar-refractivity contribution in [2.45, 2.75) is 13.0 Å². The van der Waals surface area contributed by atoms with Crippen molar-refractivity contribution in [3.8, 4) is 0 Å². The summed E-state index contributed by atoms with van der Waals surface area (Å²) in [4.78, 5) is 11.7. The lowest BCUT2D eigenvalue weighted by molar-refractivity contribution is -0.120. The molecule has 1 atom stereocenters. The average Bonchev–Trinajstić information content (AvgIpc) is 2.94. The molecule has 1 amide bonds. The minimum absolute atomic E-state index is 0.0133. The minimum Gasteiger partial charge on any atom is -0.467 e. The van der Waals surface area contributed by atoms with Gasteiger partial charge in [0, 0.05) is 0 Å². The van der Waals surface area contributed by atoms with Crippen LogP contribution in [-0.4, -0.2) is 12.5 Å². The fraction of sp³-hybridized carbons (Fsp3) is 0.214. The van der Waals surface area contributed by atoms with Crippen LogP contribution in [0.25, 0.3) is 0 Å². The van der Waals surface area contributed by atoms with Gasteiger partial charge in [-0.25, -0.2) is 4.39 Å². The van der Waals surface area contributed by atoms with Crippen LogP contribution in [0.5, 0.6) is 0 Å². The molecule has 2 rings (SSSR count). The van der Waals surface area contributed by atoms with Gasteiger partial charge in [-0.3, -0.25) is 4.79 Å². The number of amides is 1. The Morgan fingerprint density at radius 2 is 2.20 bits per heavy atom. The van der Waals surface area contributed by atoms with Crippen molar-refractivity contribution in [1.29, 1.82) is 0 Å². The van der Waals surface area contributed by atoms with Gasteiger partial charge < -0.3 is 15.1 Å². The number of hydrogen-bond donors (Lipinski definition) is 2. The second-order valence-electron chi connectivity index (χ2n) is 4.26. The first kappa shape index (κ1) is 14.4. The molecule has 1 unspecified atom stereocenters. The molecule has 0 saturated heterocycles. The highest BCUT2D eigenvalue weighted by Gasteiger charge is 2.12. The van der Waals surface area contributed by atoms with Gasteiger partial charge in [-0.05, 0) is 31.2 Å². The topological polar surface area (TPSA) is 54.3 Å². The molecular formula is C14H14ClFN2O2. The zero-order valence-electron chi connectivity index (χ0n) is 10.8. The SMILES string of the molecule is CC(NC(=O)CNc1cccc(Cl)c1F)c1ccco1. The van der Waals surface area contributed by atoms with E-state index in [9.17, 15) is 9.18 Å². The Labute approximate surface area is 120 Å². The zero-order chi connectivity index (χ0) is 14.5. The molecule has 0 spiro atoms. The van der Waals surface area contributed by atoms with E-state index in [1.54, 1.807) is 25.1 Å². The number of halogens is 2. The predicted molar refractivity (Wildman–Crippen MR) is 75.2 cm³/mol. The summed E-state index contributed by atoms with van der Waals surface area (Å²) in [7, 11) is 0. The summed E-state index contributed by atoms with van der Waals surface area (Å²) in [5.74, 6) is -0.179. The van der Waals surface area contributed by atoms with Crippen LogP contribution in [0.15, 0.2) is 41.0 Å². The normalized spacial score (nSPS) is 11.9. The fourth-order valence-electron chi connectivity index (χ4n) is 1.72. The Kier molecular flexibility index (Phi) is 4.63. The monoisotopic (exact) mass is 296 g/mol. The van der Waals surface area contributed by atoms with Crippen molar-refractivity contribution in [3.05, 3.63) is 53.2 Å². The molecule has 20 heavy (non-hydrogen) atoms. The number of rotatable bonds is 5. The quantitative estimate of drug-likeness (QED) is 0.889. The number of carbonyl (C=O) groups is 1. The summed E-state index contributed by atoms with van der Waals surface area (Å²) < 4.78 is 18.8. The van der Waals surface area contributed by atoms with Gasteiger partial charge in [0.05, 0.1) is 29.6 Å². The van der Waals surface area contributed by atoms with Crippen molar-refractivity contribution in [2.24, 2.45) is 0 Å². The molecule has 0 saturated carbocycles. The van der Waals surface area contributed by atoms with Crippen molar-refractivity contribution >= 4 is 23.2 Å². The summed E-state index contributed by atoms with van der Waals surface area (Å²) in [6.45, 7) is 1.75. The average molecular weight is 297 g/mol. The first-order valence-electron chi connectivity index (χ1n) is 6.08. The molecule has 0 aliphatic heterocycles. The Morgan fingerprint density at radius 1 is 1.40 bits per heavy atom. The molecule has 0 aliphatic carbocycles. The van der Waals surface area contributed by atoms with Crippen LogP contribution in [0, 0.1) is 5.82 Å². The number of anilines is 1.